The lowest BCUT2D eigenvalue weighted by molar-refractivity contribution is -0.383. The Hall–Kier alpha value is -3.12. The van der Waals surface area contributed by atoms with E-state index in [-0.39, 0.29) is 15.9 Å². The van der Waals surface area contributed by atoms with Crippen LogP contribution < -0.4 is 10.5 Å². The molecule has 0 amide bonds. The number of non-ortho nitro benzene ring substituents is 1. The van der Waals surface area contributed by atoms with Gasteiger partial charge in [-0.2, -0.15) is 18.2 Å². The zero-order chi connectivity index (χ0) is 26.4. The van der Waals surface area contributed by atoms with Gasteiger partial charge in [0.1, 0.15) is 10.5 Å². The number of rotatable bonds is 4. The quantitative estimate of drug-likeness (QED) is 0.245. The molecule has 2 aliphatic rings. The summed E-state index contributed by atoms with van der Waals surface area (Å²) in [5, 5.41) is 11.4. The Morgan fingerprint density at radius 1 is 1.03 bits per heavy atom. The zero-order valence-electron chi connectivity index (χ0n) is 19.8. The highest BCUT2D eigenvalue weighted by Gasteiger charge is 2.39. The number of hydrogen-bond acceptors (Lipinski definition) is 7. The predicted molar refractivity (Wildman–Crippen MR) is 132 cm³/mol. The third-order valence-electron chi connectivity index (χ3n) is 7.55. The van der Waals surface area contributed by atoms with Gasteiger partial charge in [-0.05, 0) is 68.0 Å². The first-order valence-corrected chi connectivity index (χ1v) is 12.8. The number of hydrogen-bond donors (Lipinski definition) is 0. The van der Waals surface area contributed by atoms with Crippen LogP contribution in [-0.4, -0.2) is 41.0 Å². The van der Waals surface area contributed by atoms with Gasteiger partial charge in [0.25, 0.3) is 11.2 Å². The number of benzene rings is 2. The number of anilines is 1. The van der Waals surface area contributed by atoms with E-state index in [1.165, 1.54) is 12.1 Å². The number of piperidine rings is 2. The number of fused-ring (bicyclic) bond motifs is 1. The standard InChI is InChI=1S/C25H24F4N4O3S/c26-18-3-1-16(2-4-18)15-31-9-5-24(6-10-31)7-11-32(12-8-24)23-30-22(34)19-13-17(25(27,28)29)14-20(33(35)36)21(19)37-23/h1-4,13-14H,5-12,15H2. The first-order valence-electron chi connectivity index (χ1n) is 12.0. The van der Waals surface area contributed by atoms with Gasteiger partial charge in [-0.3, -0.25) is 19.8 Å². The van der Waals surface area contributed by atoms with Crippen molar-refractivity contribution in [1.29, 1.82) is 0 Å². The molecule has 0 saturated carbocycles. The van der Waals surface area contributed by atoms with Crippen LogP contribution >= 0.6 is 11.3 Å². The van der Waals surface area contributed by atoms with E-state index in [9.17, 15) is 32.5 Å². The number of likely N-dealkylation sites (tertiary alicyclic amines) is 1. The predicted octanol–water partition coefficient (Wildman–Crippen LogP) is 5.61. The first kappa shape index (κ1) is 25.5. The molecule has 12 heteroatoms. The van der Waals surface area contributed by atoms with Crippen molar-refractivity contribution in [2.24, 2.45) is 5.41 Å². The smallest absolute Gasteiger partial charge is 0.348 e. The number of nitro groups is 1. The average molecular weight is 537 g/mol. The van der Waals surface area contributed by atoms with Crippen molar-refractivity contribution in [1.82, 2.24) is 9.88 Å². The van der Waals surface area contributed by atoms with Crippen LogP contribution in [0.1, 0.15) is 36.8 Å². The molecule has 0 bridgehead atoms. The van der Waals surface area contributed by atoms with E-state index >= 15 is 0 Å². The SMILES string of the molecule is O=c1nc(N2CCC3(CCN(Cc4ccc(F)cc4)CC3)CC2)sc2c([N+](=O)[O-])cc(C(F)(F)F)cc12. The van der Waals surface area contributed by atoms with Crippen LogP contribution in [0.15, 0.2) is 41.2 Å². The highest BCUT2D eigenvalue weighted by Crippen LogP contribution is 2.44. The summed E-state index contributed by atoms with van der Waals surface area (Å²) in [6.45, 7) is 3.84. The fourth-order valence-electron chi connectivity index (χ4n) is 5.28. The van der Waals surface area contributed by atoms with Crippen molar-refractivity contribution in [2.45, 2.75) is 38.4 Å². The third kappa shape index (κ3) is 5.30. The van der Waals surface area contributed by atoms with E-state index in [4.69, 9.17) is 0 Å². The molecule has 1 aromatic heterocycles. The average Bonchev–Trinajstić information content (AvgIpc) is 2.86. The largest absolute Gasteiger partial charge is 0.416 e. The lowest BCUT2D eigenvalue weighted by atomic mass is 9.71. The second-order valence-corrected chi connectivity index (χ2v) is 10.8. The Morgan fingerprint density at radius 2 is 1.65 bits per heavy atom. The fraction of sp³-hybridized carbons (Fsp3) is 0.440. The van der Waals surface area contributed by atoms with Gasteiger partial charge in [-0.15, -0.1) is 0 Å². The number of halogens is 4. The third-order valence-corrected chi connectivity index (χ3v) is 8.71. The monoisotopic (exact) mass is 536 g/mol. The number of aromatic nitrogens is 1. The van der Waals surface area contributed by atoms with Gasteiger partial charge in [0.15, 0.2) is 5.13 Å². The van der Waals surface area contributed by atoms with Gasteiger partial charge < -0.3 is 4.90 Å². The molecule has 0 atom stereocenters. The summed E-state index contributed by atoms with van der Waals surface area (Å²) in [4.78, 5) is 31.6. The maximum Gasteiger partial charge on any atom is 0.416 e. The molecule has 2 saturated heterocycles. The van der Waals surface area contributed by atoms with Gasteiger partial charge in [0.2, 0.25) is 0 Å². The maximum atomic E-state index is 13.2. The highest BCUT2D eigenvalue weighted by atomic mass is 32.1. The summed E-state index contributed by atoms with van der Waals surface area (Å²) in [5.74, 6) is -0.250. The van der Waals surface area contributed by atoms with Crippen LogP contribution in [0.25, 0.3) is 10.1 Å². The van der Waals surface area contributed by atoms with Gasteiger partial charge in [-0.25, -0.2) is 4.39 Å². The molecule has 0 aliphatic carbocycles. The summed E-state index contributed by atoms with van der Waals surface area (Å²) in [6.07, 6.45) is -1.06. The maximum absolute atomic E-state index is 13.2. The number of nitro benzene ring substituents is 1. The van der Waals surface area contributed by atoms with Crippen LogP contribution in [0.3, 0.4) is 0 Å². The first-order chi connectivity index (χ1) is 17.5. The molecule has 0 unspecified atom stereocenters. The van der Waals surface area contributed by atoms with Gasteiger partial charge in [0, 0.05) is 25.7 Å². The van der Waals surface area contributed by atoms with Crippen molar-refractivity contribution < 1.29 is 22.5 Å². The Morgan fingerprint density at radius 3 is 2.24 bits per heavy atom. The Labute approximate surface area is 213 Å². The lowest BCUT2D eigenvalue weighted by Gasteiger charge is -2.47. The molecule has 1 spiro atoms. The number of alkyl halides is 3. The molecule has 2 fully saturated rings. The molecular formula is C25H24F4N4O3S. The normalized spacial score (nSPS) is 18.4. The van der Waals surface area contributed by atoms with Crippen molar-refractivity contribution >= 4 is 32.2 Å². The van der Waals surface area contributed by atoms with Gasteiger partial charge in [0.05, 0.1) is 15.9 Å². The van der Waals surface area contributed by atoms with E-state index in [0.29, 0.717) is 30.4 Å². The summed E-state index contributed by atoms with van der Waals surface area (Å²) in [7, 11) is 0. The summed E-state index contributed by atoms with van der Waals surface area (Å²) < 4.78 is 52.7. The molecule has 196 valence electrons. The van der Waals surface area contributed by atoms with Gasteiger partial charge in [-0.1, -0.05) is 23.5 Å². The van der Waals surface area contributed by atoms with Crippen molar-refractivity contribution in [3.63, 3.8) is 0 Å². The minimum atomic E-state index is -4.81. The summed E-state index contributed by atoms with van der Waals surface area (Å²) in [5.41, 5.74) is -1.65. The molecule has 3 aromatic rings. The molecule has 5 rings (SSSR count). The molecule has 2 aliphatic heterocycles. The van der Waals surface area contributed by atoms with Crippen LogP contribution in [-0.2, 0) is 12.7 Å². The minimum absolute atomic E-state index is 0.0950. The van der Waals surface area contributed by atoms with Crippen molar-refractivity contribution in [2.75, 3.05) is 31.1 Å². The van der Waals surface area contributed by atoms with E-state index in [1.54, 1.807) is 12.1 Å². The molecule has 3 heterocycles. The van der Waals surface area contributed by atoms with E-state index < -0.39 is 33.3 Å². The molecule has 2 aromatic carbocycles. The van der Waals surface area contributed by atoms with E-state index in [2.05, 4.69) is 9.88 Å². The van der Waals surface area contributed by atoms with Crippen LogP contribution in [0.2, 0.25) is 0 Å². The van der Waals surface area contributed by atoms with Gasteiger partial charge >= 0.3 is 6.18 Å². The summed E-state index contributed by atoms with van der Waals surface area (Å²) in [6, 6.07) is 7.66. The fourth-order valence-corrected chi connectivity index (χ4v) is 6.40. The second kappa shape index (κ2) is 9.64. The van der Waals surface area contributed by atoms with Crippen LogP contribution in [0.4, 0.5) is 28.4 Å². The Balaban J connectivity index is 1.29. The molecular weight excluding hydrogens is 512 g/mol. The lowest BCUT2D eigenvalue weighted by Crippen LogP contribution is -2.46. The van der Waals surface area contributed by atoms with E-state index in [0.717, 1.165) is 62.2 Å². The second-order valence-electron chi connectivity index (χ2n) is 9.82. The van der Waals surface area contributed by atoms with E-state index in [1.807, 2.05) is 4.90 Å². The molecule has 7 nitrogen and oxygen atoms in total. The zero-order valence-corrected chi connectivity index (χ0v) is 20.6. The van der Waals surface area contributed by atoms with Crippen molar-refractivity contribution in [3.05, 3.63) is 73.8 Å². The minimum Gasteiger partial charge on any atom is -0.348 e. The molecule has 0 N–H and O–H groups in total. The highest BCUT2D eigenvalue weighted by molar-refractivity contribution is 7.22. The number of nitrogens with zero attached hydrogens (tertiary/aromatic N) is 4. The van der Waals surface area contributed by atoms with Crippen LogP contribution in [0.5, 0.6) is 0 Å². The molecule has 37 heavy (non-hydrogen) atoms. The van der Waals surface area contributed by atoms with Crippen molar-refractivity contribution in [3.8, 4) is 0 Å². The van der Waals surface area contributed by atoms with Crippen LogP contribution in [0, 0.1) is 21.3 Å². The Kier molecular flexibility index (Phi) is 6.65. The Bertz CT molecular complexity index is 1380. The topological polar surface area (TPSA) is 79.6 Å². The summed E-state index contributed by atoms with van der Waals surface area (Å²) >= 11 is 0.890. The molecule has 0 radical (unpaired) electrons.